The number of carbonyl (C=O) groups excluding carboxylic acids is 1. The van der Waals surface area contributed by atoms with Gasteiger partial charge in [-0.25, -0.2) is 13.9 Å². The van der Waals surface area contributed by atoms with Gasteiger partial charge in [-0.05, 0) is 49.1 Å². The quantitative estimate of drug-likeness (QED) is 0.316. The summed E-state index contributed by atoms with van der Waals surface area (Å²) in [6, 6.07) is 14.4. The van der Waals surface area contributed by atoms with E-state index in [1.54, 1.807) is 0 Å². The van der Waals surface area contributed by atoms with E-state index in [1.807, 2.05) is 30.3 Å². The average molecular weight is 407 g/mol. The number of amides is 1. The number of nitrogens with two attached hydrogens (primary N) is 1. The topological polar surface area (TPSA) is 119 Å². The van der Waals surface area contributed by atoms with Crippen molar-refractivity contribution in [3.63, 3.8) is 0 Å². The van der Waals surface area contributed by atoms with Gasteiger partial charge in [-0.3, -0.25) is 10.0 Å². The molecule has 0 heterocycles. The molecule has 0 saturated heterocycles. The second kappa shape index (κ2) is 10.2. The molecule has 0 bridgehead atoms. The Hall–Kier alpha value is -2.42. The van der Waals surface area contributed by atoms with Crippen LogP contribution in [0, 0.1) is 0 Å². The summed E-state index contributed by atoms with van der Waals surface area (Å²) in [6.45, 7) is 0. The zero-order valence-corrected chi connectivity index (χ0v) is 16.6. The van der Waals surface area contributed by atoms with Crippen molar-refractivity contribution in [1.82, 2.24) is 5.48 Å². The molecule has 8 heteroatoms. The van der Waals surface area contributed by atoms with Crippen molar-refractivity contribution in [3.05, 3.63) is 60.2 Å². The van der Waals surface area contributed by atoms with E-state index in [0.717, 1.165) is 18.4 Å². The van der Waals surface area contributed by atoms with Crippen LogP contribution in [0.2, 0.25) is 0 Å². The molecular weight excluding hydrogens is 380 g/mol. The molecule has 0 unspecified atom stereocenters. The normalized spacial score (nSPS) is 13.5. The standard InChI is InChI=1S/C20H26N2O5S/c1-27-16-11-13-17(14-12-16)28(25,26)18(19(21)20(23)22-24)10-6-5-9-15-7-3-2-4-8-15/h2-4,7-8,11-14,18-19,24H,5-6,9-10,21H2,1H3,(H,22,23)/t18-,19+/m1/s1. The van der Waals surface area contributed by atoms with Crippen molar-refractivity contribution in [3.8, 4) is 5.75 Å². The molecule has 2 aromatic carbocycles. The number of sulfone groups is 1. The molecule has 0 radical (unpaired) electrons. The van der Waals surface area contributed by atoms with E-state index in [9.17, 15) is 13.2 Å². The maximum absolute atomic E-state index is 13.1. The highest BCUT2D eigenvalue weighted by Gasteiger charge is 2.36. The van der Waals surface area contributed by atoms with Gasteiger partial charge in [0.2, 0.25) is 0 Å². The van der Waals surface area contributed by atoms with Gasteiger partial charge in [-0.2, -0.15) is 0 Å². The van der Waals surface area contributed by atoms with Crippen molar-refractivity contribution in [2.75, 3.05) is 7.11 Å². The Morgan fingerprint density at radius 2 is 1.75 bits per heavy atom. The first-order valence-electron chi connectivity index (χ1n) is 9.01. The summed E-state index contributed by atoms with van der Waals surface area (Å²) in [5.74, 6) is -0.402. The van der Waals surface area contributed by atoms with E-state index in [4.69, 9.17) is 15.7 Å². The zero-order chi connectivity index (χ0) is 20.6. The maximum atomic E-state index is 13.1. The van der Waals surface area contributed by atoms with E-state index in [0.29, 0.717) is 12.2 Å². The van der Waals surface area contributed by atoms with E-state index in [1.165, 1.54) is 36.9 Å². The molecule has 0 saturated carbocycles. The Morgan fingerprint density at radius 1 is 1.11 bits per heavy atom. The third kappa shape index (κ3) is 5.54. The van der Waals surface area contributed by atoms with Crippen molar-refractivity contribution in [1.29, 1.82) is 0 Å². The third-order valence-corrected chi connectivity index (χ3v) is 6.90. The van der Waals surface area contributed by atoms with E-state index >= 15 is 0 Å². The van der Waals surface area contributed by atoms with Gasteiger partial charge in [0.1, 0.15) is 11.8 Å². The van der Waals surface area contributed by atoms with Gasteiger partial charge < -0.3 is 10.5 Å². The number of hydrogen-bond acceptors (Lipinski definition) is 6. The molecule has 0 aliphatic heterocycles. The lowest BCUT2D eigenvalue weighted by atomic mass is 10.0. The largest absolute Gasteiger partial charge is 0.497 e. The number of benzene rings is 2. The first kappa shape index (κ1) is 21.9. The first-order valence-corrected chi connectivity index (χ1v) is 10.6. The fourth-order valence-corrected chi connectivity index (χ4v) is 4.88. The lowest BCUT2D eigenvalue weighted by molar-refractivity contribution is -0.130. The molecule has 0 aliphatic rings. The van der Waals surface area contributed by atoms with Gasteiger partial charge in [0.25, 0.3) is 5.91 Å². The van der Waals surface area contributed by atoms with Crippen LogP contribution >= 0.6 is 0 Å². The molecule has 152 valence electrons. The van der Waals surface area contributed by atoms with Crippen LogP contribution in [0.25, 0.3) is 0 Å². The van der Waals surface area contributed by atoms with Gasteiger partial charge in [-0.15, -0.1) is 0 Å². The van der Waals surface area contributed by atoms with Crippen molar-refractivity contribution in [2.24, 2.45) is 5.73 Å². The number of unbranched alkanes of at least 4 members (excludes halogenated alkanes) is 1. The molecule has 4 N–H and O–H groups in total. The highest BCUT2D eigenvalue weighted by Crippen LogP contribution is 2.25. The van der Waals surface area contributed by atoms with Crippen LogP contribution in [-0.4, -0.2) is 37.9 Å². The molecule has 2 aromatic rings. The smallest absolute Gasteiger partial charge is 0.261 e. The highest BCUT2D eigenvalue weighted by atomic mass is 32.2. The molecule has 7 nitrogen and oxygen atoms in total. The SMILES string of the molecule is COc1ccc(S(=O)(=O)[C@H](CCCCc2ccccc2)[C@H](N)C(=O)NO)cc1. The molecule has 0 aliphatic carbocycles. The Labute approximate surface area is 165 Å². The van der Waals surface area contributed by atoms with E-state index in [-0.39, 0.29) is 11.3 Å². The fourth-order valence-electron chi connectivity index (χ4n) is 3.03. The summed E-state index contributed by atoms with van der Waals surface area (Å²) in [7, 11) is -2.39. The van der Waals surface area contributed by atoms with Crippen LogP contribution < -0.4 is 16.0 Å². The Morgan fingerprint density at radius 3 is 2.32 bits per heavy atom. The molecule has 2 atom stereocenters. The number of hydrogen-bond donors (Lipinski definition) is 3. The van der Waals surface area contributed by atoms with Crippen molar-refractivity contribution < 1.29 is 23.2 Å². The predicted octanol–water partition coefficient (Wildman–Crippen LogP) is 2.08. The summed E-state index contributed by atoms with van der Waals surface area (Å²) in [5.41, 5.74) is 8.49. The summed E-state index contributed by atoms with van der Waals surface area (Å²) < 4.78 is 31.2. The minimum atomic E-state index is -3.88. The molecule has 0 spiro atoms. The number of hydroxylamine groups is 1. The Balaban J connectivity index is 2.14. The van der Waals surface area contributed by atoms with Gasteiger partial charge in [-0.1, -0.05) is 36.8 Å². The number of methoxy groups -OCH3 is 1. The second-order valence-electron chi connectivity index (χ2n) is 6.49. The number of nitrogens with one attached hydrogen (secondary N) is 1. The first-order chi connectivity index (χ1) is 13.4. The predicted molar refractivity (Wildman–Crippen MR) is 106 cm³/mol. The van der Waals surface area contributed by atoms with Crippen LogP contribution in [0.4, 0.5) is 0 Å². The minimum Gasteiger partial charge on any atom is -0.497 e. The van der Waals surface area contributed by atoms with Crippen molar-refractivity contribution >= 4 is 15.7 Å². The minimum absolute atomic E-state index is 0.0579. The van der Waals surface area contributed by atoms with Gasteiger partial charge in [0, 0.05) is 0 Å². The van der Waals surface area contributed by atoms with Crippen LogP contribution in [0.15, 0.2) is 59.5 Å². The maximum Gasteiger partial charge on any atom is 0.261 e. The van der Waals surface area contributed by atoms with E-state index < -0.39 is 27.0 Å². The number of carbonyl (C=O) groups is 1. The van der Waals surface area contributed by atoms with Gasteiger partial charge in [0.05, 0.1) is 17.3 Å². The number of rotatable bonds is 10. The zero-order valence-electron chi connectivity index (χ0n) is 15.7. The summed E-state index contributed by atoms with van der Waals surface area (Å²) >= 11 is 0. The average Bonchev–Trinajstić information content (AvgIpc) is 2.73. The third-order valence-electron chi connectivity index (χ3n) is 4.65. The molecule has 0 fully saturated rings. The van der Waals surface area contributed by atoms with Crippen LogP contribution in [0.3, 0.4) is 0 Å². The molecule has 0 aromatic heterocycles. The van der Waals surface area contributed by atoms with Crippen LogP contribution in [-0.2, 0) is 21.1 Å². The van der Waals surface area contributed by atoms with Gasteiger partial charge in [0.15, 0.2) is 9.84 Å². The Kier molecular flexibility index (Phi) is 7.98. The molecule has 1 amide bonds. The van der Waals surface area contributed by atoms with Crippen LogP contribution in [0.1, 0.15) is 24.8 Å². The van der Waals surface area contributed by atoms with E-state index in [2.05, 4.69) is 0 Å². The number of ether oxygens (including phenoxy) is 1. The molecular formula is C20H26N2O5S. The molecule has 28 heavy (non-hydrogen) atoms. The lowest BCUT2D eigenvalue weighted by Crippen LogP contribution is -2.50. The summed E-state index contributed by atoms with van der Waals surface area (Å²) in [6.07, 6.45) is 2.33. The lowest BCUT2D eigenvalue weighted by Gasteiger charge is -2.22. The van der Waals surface area contributed by atoms with Crippen molar-refractivity contribution in [2.45, 2.75) is 41.9 Å². The number of aryl methyl sites for hydroxylation is 1. The summed E-state index contributed by atoms with van der Waals surface area (Å²) in [4.78, 5) is 11.9. The fraction of sp³-hybridized carbons (Fsp3) is 0.350. The monoisotopic (exact) mass is 406 g/mol. The highest BCUT2D eigenvalue weighted by molar-refractivity contribution is 7.92. The Bertz CT molecular complexity index is 854. The second-order valence-corrected chi connectivity index (χ2v) is 8.66. The van der Waals surface area contributed by atoms with Gasteiger partial charge >= 0.3 is 0 Å². The molecule has 2 rings (SSSR count). The van der Waals surface area contributed by atoms with Crippen LogP contribution in [0.5, 0.6) is 5.75 Å². The summed E-state index contributed by atoms with van der Waals surface area (Å²) in [5, 5.41) is 7.74.